The van der Waals surface area contributed by atoms with Crippen LogP contribution in [0.4, 0.5) is 0 Å². The molecule has 0 aliphatic rings. The number of carbonyl (C=O) groups excluding carboxylic acids is 2. The van der Waals surface area contributed by atoms with E-state index < -0.39 is 17.9 Å². The Morgan fingerprint density at radius 1 is 1.15 bits per heavy atom. The zero-order chi connectivity index (χ0) is 18.9. The van der Waals surface area contributed by atoms with Crippen molar-refractivity contribution >= 4 is 33.9 Å². The number of para-hydroxylation sites is 1. The molecule has 136 valence electrons. The van der Waals surface area contributed by atoms with Crippen LogP contribution in [-0.2, 0) is 14.3 Å². The quantitative estimate of drug-likeness (QED) is 0.548. The molecule has 1 unspecified atom stereocenters. The molecule has 0 heterocycles. The second-order valence-corrected chi connectivity index (χ2v) is 6.24. The predicted octanol–water partition coefficient (Wildman–Crippen LogP) is 3.89. The average Bonchev–Trinajstić information content (AvgIpc) is 2.66. The van der Waals surface area contributed by atoms with E-state index in [4.69, 9.17) is 9.47 Å². The maximum atomic E-state index is 12.3. The smallest absolute Gasteiger partial charge is 0.333 e. The fourth-order valence-electron chi connectivity index (χ4n) is 2.31. The second-order valence-electron chi connectivity index (χ2n) is 5.32. The van der Waals surface area contributed by atoms with Crippen LogP contribution in [0, 0.1) is 0 Å². The van der Waals surface area contributed by atoms with Gasteiger partial charge in [0.2, 0.25) is 5.91 Å². The summed E-state index contributed by atoms with van der Waals surface area (Å²) in [6.07, 6.45) is 3.02. The molecule has 26 heavy (non-hydrogen) atoms. The number of halogens is 1. The lowest BCUT2D eigenvalue weighted by Crippen LogP contribution is -2.33. The zero-order valence-electron chi connectivity index (χ0n) is 14.6. The van der Waals surface area contributed by atoms with Gasteiger partial charge in [-0.3, -0.25) is 4.79 Å². The van der Waals surface area contributed by atoms with E-state index in [1.807, 2.05) is 31.2 Å². The van der Waals surface area contributed by atoms with Crippen LogP contribution in [0.5, 0.6) is 5.75 Å². The van der Waals surface area contributed by atoms with Crippen LogP contribution in [0.2, 0.25) is 0 Å². The Morgan fingerprint density at radius 2 is 1.85 bits per heavy atom. The number of rotatable bonds is 7. The molecule has 0 radical (unpaired) electrons. The van der Waals surface area contributed by atoms with Gasteiger partial charge in [-0.05, 0) is 36.8 Å². The highest BCUT2D eigenvalue weighted by atomic mass is 79.9. The summed E-state index contributed by atoms with van der Waals surface area (Å²) in [5, 5.41) is 2.67. The maximum absolute atomic E-state index is 12.3. The average molecular weight is 418 g/mol. The maximum Gasteiger partial charge on any atom is 0.333 e. The number of hydrogen-bond donors (Lipinski definition) is 1. The molecule has 1 amide bonds. The summed E-state index contributed by atoms with van der Waals surface area (Å²) >= 11 is 3.34. The SMILES string of the molecule is CCOc1ccccc1/C=C/C(=O)NC(C(=O)OC)c1ccc(Br)cc1. The lowest BCUT2D eigenvalue weighted by atomic mass is 10.1. The summed E-state index contributed by atoms with van der Waals surface area (Å²) in [5.41, 5.74) is 1.42. The highest BCUT2D eigenvalue weighted by molar-refractivity contribution is 9.10. The Hall–Kier alpha value is -2.60. The molecule has 0 saturated carbocycles. The number of carbonyl (C=O) groups is 2. The normalized spacial score (nSPS) is 11.8. The Kier molecular flexibility index (Phi) is 7.41. The number of hydrogen-bond acceptors (Lipinski definition) is 4. The second kappa shape index (κ2) is 9.77. The van der Waals surface area contributed by atoms with E-state index in [0.717, 1.165) is 10.0 Å². The molecule has 6 heteroatoms. The van der Waals surface area contributed by atoms with Gasteiger partial charge in [0.15, 0.2) is 6.04 Å². The Bertz CT molecular complexity index is 787. The highest BCUT2D eigenvalue weighted by Crippen LogP contribution is 2.20. The first-order chi connectivity index (χ1) is 12.5. The van der Waals surface area contributed by atoms with Gasteiger partial charge in [0, 0.05) is 16.1 Å². The molecule has 0 fully saturated rings. The number of nitrogens with one attached hydrogen (secondary N) is 1. The molecule has 2 rings (SSSR count). The molecular formula is C20H20BrNO4. The molecular weight excluding hydrogens is 398 g/mol. The van der Waals surface area contributed by atoms with Crippen LogP contribution >= 0.6 is 15.9 Å². The van der Waals surface area contributed by atoms with E-state index in [9.17, 15) is 9.59 Å². The van der Waals surface area contributed by atoms with E-state index in [2.05, 4.69) is 21.2 Å². The van der Waals surface area contributed by atoms with Crippen LogP contribution in [0.3, 0.4) is 0 Å². The summed E-state index contributed by atoms with van der Waals surface area (Å²) in [6, 6.07) is 13.6. The number of esters is 1. The van der Waals surface area contributed by atoms with E-state index in [1.165, 1.54) is 13.2 Å². The molecule has 0 bridgehead atoms. The fourth-order valence-corrected chi connectivity index (χ4v) is 2.58. The highest BCUT2D eigenvalue weighted by Gasteiger charge is 2.22. The van der Waals surface area contributed by atoms with Crippen molar-refractivity contribution in [1.82, 2.24) is 5.32 Å². The molecule has 0 saturated heterocycles. The number of benzene rings is 2. The summed E-state index contributed by atoms with van der Waals surface area (Å²) in [7, 11) is 1.29. The molecule has 1 atom stereocenters. The molecule has 0 aliphatic heterocycles. The molecule has 2 aromatic rings. The lowest BCUT2D eigenvalue weighted by Gasteiger charge is -2.16. The van der Waals surface area contributed by atoms with Crippen molar-refractivity contribution in [2.75, 3.05) is 13.7 Å². The van der Waals surface area contributed by atoms with Gasteiger partial charge in [0.1, 0.15) is 5.75 Å². The van der Waals surface area contributed by atoms with E-state index in [0.29, 0.717) is 17.9 Å². The summed E-state index contributed by atoms with van der Waals surface area (Å²) < 4.78 is 11.2. The minimum atomic E-state index is -0.882. The Labute approximate surface area is 161 Å². The first kappa shape index (κ1) is 19.7. The van der Waals surface area contributed by atoms with Crippen LogP contribution in [0.1, 0.15) is 24.1 Å². The summed E-state index contributed by atoms with van der Waals surface area (Å²) in [6.45, 7) is 2.43. The van der Waals surface area contributed by atoms with Crippen molar-refractivity contribution < 1.29 is 19.1 Å². The first-order valence-electron chi connectivity index (χ1n) is 8.08. The van der Waals surface area contributed by atoms with Gasteiger partial charge >= 0.3 is 5.97 Å². The zero-order valence-corrected chi connectivity index (χ0v) is 16.2. The molecule has 0 aliphatic carbocycles. The number of methoxy groups -OCH3 is 1. The lowest BCUT2D eigenvalue weighted by molar-refractivity contribution is -0.144. The van der Waals surface area contributed by atoms with Crippen LogP contribution in [-0.4, -0.2) is 25.6 Å². The first-order valence-corrected chi connectivity index (χ1v) is 8.88. The molecule has 0 aromatic heterocycles. The largest absolute Gasteiger partial charge is 0.493 e. The van der Waals surface area contributed by atoms with Crippen LogP contribution in [0.25, 0.3) is 6.08 Å². The van der Waals surface area contributed by atoms with Crippen molar-refractivity contribution in [2.24, 2.45) is 0 Å². The number of ether oxygens (including phenoxy) is 2. The topological polar surface area (TPSA) is 64.6 Å². The van der Waals surface area contributed by atoms with E-state index in [1.54, 1.807) is 30.3 Å². The number of amides is 1. The van der Waals surface area contributed by atoms with Crippen molar-refractivity contribution in [2.45, 2.75) is 13.0 Å². The van der Waals surface area contributed by atoms with Crippen LogP contribution < -0.4 is 10.1 Å². The van der Waals surface area contributed by atoms with Gasteiger partial charge in [-0.2, -0.15) is 0 Å². The van der Waals surface area contributed by atoms with Crippen molar-refractivity contribution in [3.05, 3.63) is 70.2 Å². The summed E-state index contributed by atoms with van der Waals surface area (Å²) in [4.78, 5) is 24.4. The standard InChI is InChI=1S/C20H20BrNO4/c1-3-26-17-7-5-4-6-14(17)10-13-18(23)22-19(20(24)25-2)15-8-11-16(21)12-9-15/h4-13,19H,3H2,1-2H3,(H,22,23)/b13-10+. The van der Waals surface area contributed by atoms with Gasteiger partial charge < -0.3 is 14.8 Å². The Morgan fingerprint density at radius 3 is 2.50 bits per heavy atom. The van der Waals surface area contributed by atoms with Crippen LogP contribution in [0.15, 0.2) is 59.1 Å². The van der Waals surface area contributed by atoms with E-state index in [-0.39, 0.29) is 0 Å². The van der Waals surface area contributed by atoms with Gasteiger partial charge in [0.05, 0.1) is 13.7 Å². The molecule has 1 N–H and O–H groups in total. The van der Waals surface area contributed by atoms with Crippen molar-refractivity contribution in [3.8, 4) is 5.75 Å². The van der Waals surface area contributed by atoms with Gasteiger partial charge in [-0.15, -0.1) is 0 Å². The fraction of sp³-hybridized carbons (Fsp3) is 0.200. The van der Waals surface area contributed by atoms with E-state index >= 15 is 0 Å². The molecule has 2 aromatic carbocycles. The summed E-state index contributed by atoms with van der Waals surface area (Å²) in [5.74, 6) is -0.255. The molecule has 5 nitrogen and oxygen atoms in total. The monoisotopic (exact) mass is 417 g/mol. The third kappa shape index (κ3) is 5.46. The van der Waals surface area contributed by atoms with Crippen molar-refractivity contribution in [3.63, 3.8) is 0 Å². The minimum absolute atomic E-state index is 0.408. The van der Waals surface area contributed by atoms with Crippen molar-refractivity contribution in [1.29, 1.82) is 0 Å². The predicted molar refractivity (Wildman–Crippen MR) is 104 cm³/mol. The Balaban J connectivity index is 2.15. The third-order valence-electron chi connectivity index (χ3n) is 3.56. The molecule has 0 spiro atoms. The minimum Gasteiger partial charge on any atom is -0.493 e. The third-order valence-corrected chi connectivity index (χ3v) is 4.09. The van der Waals surface area contributed by atoms with Gasteiger partial charge in [0.25, 0.3) is 0 Å². The van der Waals surface area contributed by atoms with Gasteiger partial charge in [-0.25, -0.2) is 4.79 Å². The van der Waals surface area contributed by atoms with Gasteiger partial charge in [-0.1, -0.05) is 46.3 Å².